The van der Waals surface area contributed by atoms with Gasteiger partial charge in [-0.05, 0) is 67.5 Å². The number of amides is 4. The molecule has 5 N–H and O–H groups in total. The number of carbonyl (C=O) groups excluding carboxylic acids is 4. The van der Waals surface area contributed by atoms with E-state index in [4.69, 9.17) is 4.74 Å². The van der Waals surface area contributed by atoms with Gasteiger partial charge in [0.1, 0.15) is 23.1 Å². The SMILES string of the molecule is COc1nc2c(cc1C(=O)N1CCCCNC(=O)[C@H](Cc3c[nH]c4ccccc34)NC(=O)c3cccc(n3)NCCNC(=O)C1)CCC2. The summed E-state index contributed by atoms with van der Waals surface area (Å²) in [4.78, 5) is 67.5. The molecule has 4 heterocycles. The van der Waals surface area contributed by atoms with E-state index in [9.17, 15) is 19.2 Å². The molecule has 13 nitrogen and oxygen atoms in total. The lowest BCUT2D eigenvalue weighted by molar-refractivity contribution is -0.123. The Hall–Kier alpha value is -5.46. The number of nitrogens with zero attached hydrogens (tertiary/aromatic N) is 3. The lowest BCUT2D eigenvalue weighted by Crippen LogP contribution is -2.48. The van der Waals surface area contributed by atoms with Crippen LogP contribution in [0.4, 0.5) is 5.82 Å². The third kappa shape index (κ3) is 7.56. The van der Waals surface area contributed by atoms with Crippen LogP contribution in [0, 0.1) is 0 Å². The molecule has 1 aromatic carbocycles. The maximum Gasteiger partial charge on any atom is 0.270 e. The van der Waals surface area contributed by atoms with E-state index < -0.39 is 11.9 Å². The summed E-state index contributed by atoms with van der Waals surface area (Å²) in [5.74, 6) is -0.755. The van der Waals surface area contributed by atoms with Gasteiger partial charge in [-0.3, -0.25) is 19.2 Å². The Kier molecular flexibility index (Phi) is 10.1. The number of para-hydroxylation sites is 1. The predicted octanol–water partition coefficient (Wildman–Crippen LogP) is 2.38. The van der Waals surface area contributed by atoms with Gasteiger partial charge in [-0.2, -0.15) is 0 Å². The van der Waals surface area contributed by atoms with Crippen LogP contribution in [0.1, 0.15) is 56.9 Å². The minimum Gasteiger partial charge on any atom is -0.480 e. The summed E-state index contributed by atoms with van der Waals surface area (Å²) in [6, 6.07) is 13.8. The normalized spacial score (nSPS) is 18.0. The van der Waals surface area contributed by atoms with Gasteiger partial charge in [-0.15, -0.1) is 0 Å². The van der Waals surface area contributed by atoms with E-state index in [0.717, 1.165) is 47.0 Å². The van der Waals surface area contributed by atoms with Gasteiger partial charge in [-0.25, -0.2) is 9.97 Å². The number of hydrogen-bond donors (Lipinski definition) is 5. The summed E-state index contributed by atoms with van der Waals surface area (Å²) in [6.45, 7) is 1.06. The van der Waals surface area contributed by atoms with Crippen molar-refractivity contribution in [1.82, 2.24) is 35.8 Å². The zero-order valence-corrected chi connectivity index (χ0v) is 26.9. The summed E-state index contributed by atoms with van der Waals surface area (Å²) in [6.07, 6.45) is 5.85. The highest BCUT2D eigenvalue weighted by molar-refractivity contribution is 5.99. The number of rotatable bonds is 4. The first kappa shape index (κ1) is 32.5. The number of benzene rings is 1. The van der Waals surface area contributed by atoms with Crippen molar-refractivity contribution < 1.29 is 23.9 Å². The van der Waals surface area contributed by atoms with Crippen LogP contribution >= 0.6 is 0 Å². The Morgan fingerprint density at radius 1 is 0.938 bits per heavy atom. The van der Waals surface area contributed by atoms with E-state index in [2.05, 4.69) is 36.2 Å². The van der Waals surface area contributed by atoms with Gasteiger partial charge < -0.3 is 35.9 Å². The van der Waals surface area contributed by atoms with Crippen molar-refractivity contribution in [2.24, 2.45) is 0 Å². The van der Waals surface area contributed by atoms with Crippen molar-refractivity contribution in [1.29, 1.82) is 0 Å². The minimum atomic E-state index is -0.864. The Labute approximate surface area is 278 Å². The first-order valence-corrected chi connectivity index (χ1v) is 16.4. The first-order valence-electron chi connectivity index (χ1n) is 16.4. The lowest BCUT2D eigenvalue weighted by atomic mass is 10.0. The number of fused-ring (bicyclic) bond motifs is 4. The van der Waals surface area contributed by atoms with Crippen molar-refractivity contribution in [3.63, 3.8) is 0 Å². The molecule has 1 aliphatic heterocycles. The van der Waals surface area contributed by atoms with Gasteiger partial charge >= 0.3 is 0 Å². The third-order valence-electron chi connectivity index (χ3n) is 8.67. The van der Waals surface area contributed by atoms with E-state index >= 15 is 0 Å². The third-order valence-corrected chi connectivity index (χ3v) is 8.67. The molecule has 2 aliphatic rings. The van der Waals surface area contributed by atoms with Crippen LogP contribution in [-0.4, -0.2) is 89.4 Å². The molecule has 0 saturated heterocycles. The number of aromatic nitrogens is 3. The van der Waals surface area contributed by atoms with Crippen LogP contribution in [0.15, 0.2) is 54.7 Å². The molecule has 0 fully saturated rings. The standard InChI is InChI=1S/C35H40N8O5/c1-48-34-25(18-22-8-6-11-26(22)42-34)35(47)43-17-5-4-14-38-32(45)29(19-23-20-39-27-10-3-2-9-24(23)27)41-33(46)28-12-7-13-30(40-28)36-15-16-37-31(44)21-43/h2-3,7,9-10,12-13,18,20,29,39H,4-6,8,11,14-17,19,21H2,1H3,(H,36,40)(H,37,44)(H,38,45)(H,41,46)/t29-/m0/s1. The zero-order chi connectivity index (χ0) is 33.5. The monoisotopic (exact) mass is 652 g/mol. The number of H-pyrrole nitrogens is 1. The van der Waals surface area contributed by atoms with Gasteiger partial charge in [-0.1, -0.05) is 24.3 Å². The number of anilines is 1. The number of nitrogens with one attached hydrogen (secondary N) is 5. The van der Waals surface area contributed by atoms with Crippen LogP contribution in [0.5, 0.6) is 5.88 Å². The fourth-order valence-corrected chi connectivity index (χ4v) is 6.19. The molecule has 4 aromatic rings. The summed E-state index contributed by atoms with van der Waals surface area (Å²) in [7, 11) is 1.49. The molecule has 0 saturated carbocycles. The smallest absolute Gasteiger partial charge is 0.270 e. The molecule has 0 radical (unpaired) electrons. The summed E-state index contributed by atoms with van der Waals surface area (Å²) < 4.78 is 5.49. The summed E-state index contributed by atoms with van der Waals surface area (Å²) in [5, 5.41) is 12.8. The Bertz CT molecular complexity index is 1820. The predicted molar refractivity (Wildman–Crippen MR) is 180 cm³/mol. The second-order valence-electron chi connectivity index (χ2n) is 12.0. The second kappa shape index (κ2) is 15.0. The number of ether oxygens (including phenoxy) is 1. The van der Waals surface area contributed by atoms with Crippen molar-refractivity contribution in [3.8, 4) is 5.88 Å². The first-order chi connectivity index (χ1) is 23.4. The average Bonchev–Trinajstić information content (AvgIpc) is 3.74. The quantitative estimate of drug-likeness (QED) is 0.224. The van der Waals surface area contributed by atoms with Crippen LogP contribution in [-0.2, 0) is 28.9 Å². The molecule has 3 aromatic heterocycles. The van der Waals surface area contributed by atoms with Gasteiger partial charge in [0.05, 0.1) is 13.7 Å². The molecule has 2 bridgehead atoms. The second-order valence-corrected chi connectivity index (χ2v) is 12.0. The van der Waals surface area contributed by atoms with Crippen LogP contribution in [0.25, 0.3) is 10.9 Å². The maximum absolute atomic E-state index is 13.8. The highest BCUT2D eigenvalue weighted by atomic mass is 16.5. The molecular weight excluding hydrogens is 612 g/mol. The zero-order valence-electron chi connectivity index (χ0n) is 26.9. The maximum atomic E-state index is 13.8. The van der Waals surface area contributed by atoms with Gasteiger partial charge in [0.15, 0.2) is 0 Å². The number of pyridine rings is 2. The summed E-state index contributed by atoms with van der Waals surface area (Å²) >= 11 is 0. The number of aromatic amines is 1. The van der Waals surface area contributed by atoms with E-state index in [1.54, 1.807) is 18.2 Å². The van der Waals surface area contributed by atoms with Crippen molar-refractivity contribution >= 4 is 40.3 Å². The number of hydrogen-bond acceptors (Lipinski definition) is 8. The van der Waals surface area contributed by atoms with E-state index in [1.165, 1.54) is 12.0 Å². The van der Waals surface area contributed by atoms with Crippen LogP contribution in [0.2, 0.25) is 0 Å². The van der Waals surface area contributed by atoms with Crippen molar-refractivity contribution in [2.45, 2.75) is 44.6 Å². The van der Waals surface area contributed by atoms with E-state index in [1.807, 2.05) is 36.5 Å². The Morgan fingerprint density at radius 3 is 2.67 bits per heavy atom. The van der Waals surface area contributed by atoms with Gasteiger partial charge in [0.25, 0.3) is 11.8 Å². The van der Waals surface area contributed by atoms with Crippen LogP contribution < -0.4 is 26.0 Å². The van der Waals surface area contributed by atoms with Gasteiger partial charge in [0, 0.05) is 55.4 Å². The molecule has 1 aliphatic carbocycles. The summed E-state index contributed by atoms with van der Waals surface area (Å²) in [5.41, 5.74) is 4.30. The molecule has 250 valence electrons. The van der Waals surface area contributed by atoms with Crippen molar-refractivity contribution in [2.75, 3.05) is 45.2 Å². The fourth-order valence-electron chi connectivity index (χ4n) is 6.19. The van der Waals surface area contributed by atoms with Gasteiger partial charge in [0.2, 0.25) is 17.7 Å². The Balaban J connectivity index is 1.21. The minimum absolute atomic E-state index is 0.149. The van der Waals surface area contributed by atoms with Crippen molar-refractivity contribution in [3.05, 3.63) is 82.8 Å². The largest absolute Gasteiger partial charge is 0.480 e. The number of methoxy groups -OCH3 is 1. The topological polar surface area (TPSA) is 170 Å². The molecular formula is C35H40N8O5. The van der Waals surface area contributed by atoms with E-state index in [0.29, 0.717) is 37.3 Å². The molecule has 4 amide bonds. The molecule has 0 spiro atoms. The molecule has 48 heavy (non-hydrogen) atoms. The fraction of sp³-hybridized carbons (Fsp3) is 0.371. The average molecular weight is 653 g/mol. The molecule has 13 heteroatoms. The Morgan fingerprint density at radius 2 is 1.79 bits per heavy atom. The molecule has 0 unspecified atom stereocenters. The lowest BCUT2D eigenvalue weighted by Gasteiger charge is -2.23. The highest BCUT2D eigenvalue weighted by Crippen LogP contribution is 2.27. The van der Waals surface area contributed by atoms with E-state index in [-0.39, 0.29) is 55.4 Å². The number of aryl methyl sites for hydroxylation is 2. The molecule has 6 rings (SSSR count). The molecule has 1 atom stereocenters. The highest BCUT2D eigenvalue weighted by Gasteiger charge is 2.27. The van der Waals surface area contributed by atoms with Crippen LogP contribution in [0.3, 0.4) is 0 Å². The number of carbonyl (C=O) groups is 4.